The summed E-state index contributed by atoms with van der Waals surface area (Å²) in [6, 6.07) is 12.6. The summed E-state index contributed by atoms with van der Waals surface area (Å²) >= 11 is 0. The summed E-state index contributed by atoms with van der Waals surface area (Å²) in [4.78, 5) is 26.0. The topological polar surface area (TPSA) is 85.1 Å². The largest absolute Gasteiger partial charge is 0.361 e. The van der Waals surface area contributed by atoms with Crippen LogP contribution in [0.5, 0.6) is 0 Å². The Morgan fingerprint density at radius 3 is 2.61 bits per heavy atom. The lowest BCUT2D eigenvalue weighted by Crippen LogP contribution is -2.29. The van der Waals surface area contributed by atoms with Gasteiger partial charge in [0.1, 0.15) is 0 Å². The predicted octanol–water partition coefficient (Wildman–Crippen LogP) is 1.17. The van der Waals surface area contributed by atoms with Crippen molar-refractivity contribution in [2.45, 2.75) is 0 Å². The zero-order valence-corrected chi connectivity index (χ0v) is 9.46. The van der Waals surface area contributed by atoms with Gasteiger partial charge in [-0.1, -0.05) is 18.2 Å². The Labute approximate surface area is 104 Å². The zero-order valence-electron chi connectivity index (χ0n) is 9.46. The molecule has 1 heterocycles. The van der Waals surface area contributed by atoms with Crippen molar-refractivity contribution >= 4 is 17.5 Å². The predicted molar refractivity (Wildman–Crippen MR) is 67.5 cm³/mol. The molecule has 2 rings (SSSR count). The third-order valence-electron chi connectivity index (χ3n) is 2.30. The fourth-order valence-corrected chi connectivity index (χ4v) is 1.48. The third kappa shape index (κ3) is 2.70. The molecule has 1 aromatic heterocycles. The van der Waals surface area contributed by atoms with Gasteiger partial charge in [-0.25, -0.2) is 0 Å². The van der Waals surface area contributed by atoms with Gasteiger partial charge in [0.15, 0.2) is 0 Å². The van der Waals surface area contributed by atoms with Crippen molar-refractivity contribution in [2.24, 2.45) is 5.73 Å². The molecule has 3 N–H and O–H groups in total. The smallest absolute Gasteiger partial charge is 0.313 e. The standard InChI is InChI=1S/C13H11N3O2/c14-12(17)13(18)16-10-5-3-4-9(8-10)11-6-1-2-7-15-11/h1-8H,(H2,14,17)(H,16,18). The van der Waals surface area contributed by atoms with E-state index in [4.69, 9.17) is 5.73 Å². The fraction of sp³-hybridized carbons (Fsp3) is 0. The van der Waals surface area contributed by atoms with Crippen molar-refractivity contribution in [1.29, 1.82) is 0 Å². The number of amides is 2. The van der Waals surface area contributed by atoms with Gasteiger partial charge in [-0.2, -0.15) is 0 Å². The highest BCUT2D eigenvalue weighted by Gasteiger charge is 2.09. The van der Waals surface area contributed by atoms with Gasteiger partial charge in [0.2, 0.25) is 0 Å². The molecule has 0 saturated carbocycles. The van der Waals surface area contributed by atoms with Crippen LogP contribution in [0, 0.1) is 0 Å². The van der Waals surface area contributed by atoms with Crippen LogP contribution in [0.4, 0.5) is 5.69 Å². The van der Waals surface area contributed by atoms with Gasteiger partial charge >= 0.3 is 11.8 Å². The van der Waals surface area contributed by atoms with Crippen LogP contribution in [-0.2, 0) is 9.59 Å². The van der Waals surface area contributed by atoms with E-state index in [0.29, 0.717) is 5.69 Å². The highest BCUT2D eigenvalue weighted by molar-refractivity contribution is 6.39. The first-order chi connectivity index (χ1) is 8.66. The van der Waals surface area contributed by atoms with Crippen molar-refractivity contribution in [3.05, 3.63) is 48.7 Å². The molecule has 0 unspecified atom stereocenters. The Balaban J connectivity index is 2.26. The Kier molecular flexibility index (Phi) is 3.33. The number of carbonyl (C=O) groups is 2. The van der Waals surface area contributed by atoms with Crippen molar-refractivity contribution < 1.29 is 9.59 Å². The van der Waals surface area contributed by atoms with Crippen molar-refractivity contribution in [3.63, 3.8) is 0 Å². The van der Waals surface area contributed by atoms with Gasteiger partial charge in [0.05, 0.1) is 5.69 Å². The lowest BCUT2D eigenvalue weighted by atomic mass is 10.1. The van der Waals surface area contributed by atoms with Crippen molar-refractivity contribution in [3.8, 4) is 11.3 Å². The number of primary amides is 1. The second-order valence-electron chi connectivity index (χ2n) is 3.61. The fourth-order valence-electron chi connectivity index (χ4n) is 1.48. The molecule has 90 valence electrons. The third-order valence-corrected chi connectivity index (χ3v) is 2.30. The minimum absolute atomic E-state index is 0.502. The first kappa shape index (κ1) is 11.8. The quantitative estimate of drug-likeness (QED) is 0.774. The number of anilines is 1. The van der Waals surface area contributed by atoms with Crippen LogP contribution in [0.2, 0.25) is 0 Å². The molecule has 2 amide bonds. The number of carbonyl (C=O) groups excluding carboxylic acids is 2. The molecular formula is C13H11N3O2. The maximum absolute atomic E-state index is 11.2. The average molecular weight is 241 g/mol. The molecule has 0 aliphatic rings. The van der Waals surface area contributed by atoms with E-state index < -0.39 is 11.8 Å². The molecule has 0 saturated heterocycles. The first-order valence-electron chi connectivity index (χ1n) is 5.29. The van der Waals surface area contributed by atoms with E-state index >= 15 is 0 Å². The Bertz CT molecular complexity index is 582. The van der Waals surface area contributed by atoms with E-state index in [2.05, 4.69) is 10.3 Å². The van der Waals surface area contributed by atoms with Crippen LogP contribution < -0.4 is 11.1 Å². The van der Waals surface area contributed by atoms with Crippen molar-refractivity contribution in [2.75, 3.05) is 5.32 Å². The maximum atomic E-state index is 11.2. The SMILES string of the molecule is NC(=O)C(=O)Nc1cccc(-c2ccccn2)c1. The molecule has 0 radical (unpaired) electrons. The number of nitrogens with zero attached hydrogens (tertiary/aromatic N) is 1. The second-order valence-corrected chi connectivity index (χ2v) is 3.61. The summed E-state index contributed by atoms with van der Waals surface area (Å²) in [5.41, 5.74) is 7.00. The van der Waals surface area contributed by atoms with Crippen LogP contribution in [-0.4, -0.2) is 16.8 Å². The van der Waals surface area contributed by atoms with Gasteiger partial charge in [0.25, 0.3) is 0 Å². The Morgan fingerprint density at radius 1 is 1.11 bits per heavy atom. The monoisotopic (exact) mass is 241 g/mol. The second kappa shape index (κ2) is 5.09. The average Bonchev–Trinajstić information content (AvgIpc) is 2.40. The maximum Gasteiger partial charge on any atom is 0.313 e. The van der Waals surface area contributed by atoms with E-state index in [1.165, 1.54) is 0 Å². The summed E-state index contributed by atoms with van der Waals surface area (Å²) in [5, 5.41) is 2.41. The lowest BCUT2D eigenvalue weighted by Gasteiger charge is -2.05. The molecule has 0 aliphatic heterocycles. The van der Waals surface area contributed by atoms with E-state index in [9.17, 15) is 9.59 Å². The molecule has 2 aromatic rings. The molecule has 0 fully saturated rings. The van der Waals surface area contributed by atoms with Crippen LogP contribution in [0.25, 0.3) is 11.3 Å². The number of hydrogen-bond donors (Lipinski definition) is 2. The molecule has 5 nitrogen and oxygen atoms in total. The Hall–Kier alpha value is -2.69. The van der Waals surface area contributed by atoms with E-state index in [1.54, 1.807) is 24.4 Å². The van der Waals surface area contributed by atoms with Crippen LogP contribution in [0.3, 0.4) is 0 Å². The summed E-state index contributed by atoms with van der Waals surface area (Å²) in [7, 11) is 0. The number of benzene rings is 1. The van der Waals surface area contributed by atoms with E-state index in [0.717, 1.165) is 11.3 Å². The number of nitrogens with one attached hydrogen (secondary N) is 1. The highest BCUT2D eigenvalue weighted by atomic mass is 16.2. The van der Waals surface area contributed by atoms with Gasteiger partial charge in [0, 0.05) is 17.4 Å². The van der Waals surface area contributed by atoms with Crippen LogP contribution in [0.1, 0.15) is 0 Å². The number of pyridine rings is 1. The number of aromatic nitrogens is 1. The summed E-state index contributed by atoms with van der Waals surface area (Å²) < 4.78 is 0. The summed E-state index contributed by atoms with van der Waals surface area (Å²) in [6.45, 7) is 0. The van der Waals surface area contributed by atoms with Crippen molar-refractivity contribution in [1.82, 2.24) is 4.98 Å². The van der Waals surface area contributed by atoms with Gasteiger partial charge in [-0.05, 0) is 24.3 Å². The van der Waals surface area contributed by atoms with Gasteiger partial charge in [-0.3, -0.25) is 14.6 Å². The molecule has 1 aromatic carbocycles. The van der Waals surface area contributed by atoms with Gasteiger partial charge in [-0.15, -0.1) is 0 Å². The summed E-state index contributed by atoms with van der Waals surface area (Å²) in [6.07, 6.45) is 1.68. The van der Waals surface area contributed by atoms with Gasteiger partial charge < -0.3 is 11.1 Å². The lowest BCUT2D eigenvalue weighted by molar-refractivity contribution is -0.134. The molecule has 0 atom stereocenters. The number of nitrogens with two attached hydrogens (primary N) is 1. The summed E-state index contributed by atoms with van der Waals surface area (Å²) in [5.74, 6) is -1.86. The Morgan fingerprint density at radius 2 is 1.94 bits per heavy atom. The number of hydrogen-bond acceptors (Lipinski definition) is 3. The van der Waals surface area contributed by atoms with Crippen LogP contribution in [0.15, 0.2) is 48.7 Å². The molecule has 0 bridgehead atoms. The molecular weight excluding hydrogens is 230 g/mol. The molecule has 0 aliphatic carbocycles. The molecule has 0 spiro atoms. The zero-order chi connectivity index (χ0) is 13.0. The minimum Gasteiger partial charge on any atom is -0.361 e. The van der Waals surface area contributed by atoms with Crippen LogP contribution >= 0.6 is 0 Å². The normalized spacial score (nSPS) is 9.78. The number of rotatable bonds is 2. The van der Waals surface area contributed by atoms with E-state index in [1.807, 2.05) is 24.3 Å². The molecule has 5 heteroatoms. The molecule has 18 heavy (non-hydrogen) atoms. The first-order valence-corrected chi connectivity index (χ1v) is 5.29. The highest BCUT2D eigenvalue weighted by Crippen LogP contribution is 2.20. The minimum atomic E-state index is -1.02. The van der Waals surface area contributed by atoms with E-state index in [-0.39, 0.29) is 0 Å².